The molecule has 100 valence electrons. The molecule has 1 aliphatic rings. The van der Waals surface area contributed by atoms with Crippen LogP contribution in [-0.4, -0.2) is 24.5 Å². The van der Waals surface area contributed by atoms with Crippen LogP contribution in [0.25, 0.3) is 0 Å². The number of rotatable bonds is 6. The number of fused-ring (bicyclic) bond motifs is 1. The SMILES string of the molecule is CCCCN(CC)Cc1ccc2c(c1)CNCC2. The molecule has 0 saturated carbocycles. The van der Waals surface area contributed by atoms with E-state index in [2.05, 4.69) is 42.3 Å². The van der Waals surface area contributed by atoms with E-state index in [9.17, 15) is 0 Å². The fraction of sp³-hybridized carbons (Fsp3) is 0.625. The van der Waals surface area contributed by atoms with Crippen LogP contribution in [0.1, 0.15) is 43.4 Å². The Balaban J connectivity index is 1.99. The Morgan fingerprint density at radius 1 is 1.22 bits per heavy atom. The van der Waals surface area contributed by atoms with Gasteiger partial charge in [0.2, 0.25) is 0 Å². The van der Waals surface area contributed by atoms with Crippen molar-refractivity contribution < 1.29 is 0 Å². The molecule has 0 saturated heterocycles. The highest BCUT2D eigenvalue weighted by Crippen LogP contribution is 2.17. The van der Waals surface area contributed by atoms with Crippen molar-refractivity contribution in [2.45, 2.75) is 46.2 Å². The van der Waals surface area contributed by atoms with Gasteiger partial charge in [0, 0.05) is 13.1 Å². The van der Waals surface area contributed by atoms with Gasteiger partial charge in [-0.1, -0.05) is 38.5 Å². The zero-order valence-electron chi connectivity index (χ0n) is 11.8. The maximum Gasteiger partial charge on any atom is 0.0233 e. The summed E-state index contributed by atoms with van der Waals surface area (Å²) in [6.07, 6.45) is 3.77. The molecule has 1 aromatic carbocycles. The molecule has 0 unspecified atom stereocenters. The van der Waals surface area contributed by atoms with Crippen molar-refractivity contribution in [3.05, 3.63) is 34.9 Å². The average molecular weight is 246 g/mol. The highest BCUT2D eigenvalue weighted by atomic mass is 15.1. The summed E-state index contributed by atoms with van der Waals surface area (Å²) in [5.41, 5.74) is 4.51. The molecule has 2 heteroatoms. The van der Waals surface area contributed by atoms with E-state index < -0.39 is 0 Å². The predicted octanol–water partition coefficient (Wildman–Crippen LogP) is 2.95. The molecule has 0 amide bonds. The van der Waals surface area contributed by atoms with E-state index in [0.717, 1.165) is 26.2 Å². The van der Waals surface area contributed by atoms with Crippen LogP contribution >= 0.6 is 0 Å². The first kappa shape index (κ1) is 13.6. The monoisotopic (exact) mass is 246 g/mol. The van der Waals surface area contributed by atoms with Gasteiger partial charge >= 0.3 is 0 Å². The third kappa shape index (κ3) is 3.56. The average Bonchev–Trinajstić information content (AvgIpc) is 2.43. The second-order valence-corrected chi connectivity index (χ2v) is 5.25. The molecule has 1 aromatic rings. The Kier molecular flexibility index (Phi) is 5.21. The maximum atomic E-state index is 3.46. The molecule has 0 radical (unpaired) electrons. The number of nitrogens with one attached hydrogen (secondary N) is 1. The van der Waals surface area contributed by atoms with Gasteiger partial charge in [0.1, 0.15) is 0 Å². The van der Waals surface area contributed by atoms with Gasteiger partial charge in [-0.3, -0.25) is 4.90 Å². The predicted molar refractivity (Wildman–Crippen MR) is 77.7 cm³/mol. The second kappa shape index (κ2) is 6.91. The Morgan fingerprint density at radius 3 is 2.89 bits per heavy atom. The van der Waals surface area contributed by atoms with E-state index in [1.165, 1.54) is 42.5 Å². The zero-order chi connectivity index (χ0) is 12.8. The first-order valence-corrected chi connectivity index (χ1v) is 7.37. The summed E-state index contributed by atoms with van der Waals surface area (Å²) in [7, 11) is 0. The Morgan fingerprint density at radius 2 is 2.11 bits per heavy atom. The summed E-state index contributed by atoms with van der Waals surface area (Å²) in [5, 5.41) is 3.46. The first-order chi connectivity index (χ1) is 8.83. The van der Waals surface area contributed by atoms with Crippen molar-refractivity contribution in [3.8, 4) is 0 Å². The number of unbranched alkanes of at least 4 members (excludes halogenated alkanes) is 1. The molecule has 2 nitrogen and oxygen atoms in total. The summed E-state index contributed by atoms with van der Waals surface area (Å²) < 4.78 is 0. The largest absolute Gasteiger partial charge is 0.312 e. The van der Waals surface area contributed by atoms with Crippen LogP contribution in [0.3, 0.4) is 0 Å². The van der Waals surface area contributed by atoms with Gasteiger partial charge in [0.05, 0.1) is 0 Å². The Hall–Kier alpha value is -0.860. The lowest BCUT2D eigenvalue weighted by molar-refractivity contribution is 0.275. The van der Waals surface area contributed by atoms with Gasteiger partial charge in [-0.2, -0.15) is 0 Å². The highest BCUT2D eigenvalue weighted by molar-refractivity contribution is 5.33. The topological polar surface area (TPSA) is 15.3 Å². The van der Waals surface area contributed by atoms with Gasteiger partial charge in [0.25, 0.3) is 0 Å². The molecule has 1 N–H and O–H groups in total. The van der Waals surface area contributed by atoms with Crippen LogP contribution < -0.4 is 5.32 Å². The van der Waals surface area contributed by atoms with Gasteiger partial charge in [-0.15, -0.1) is 0 Å². The van der Waals surface area contributed by atoms with Gasteiger partial charge in [-0.05, 0) is 49.2 Å². The quantitative estimate of drug-likeness (QED) is 0.830. The van der Waals surface area contributed by atoms with Gasteiger partial charge < -0.3 is 5.32 Å². The van der Waals surface area contributed by atoms with Crippen molar-refractivity contribution >= 4 is 0 Å². The summed E-state index contributed by atoms with van der Waals surface area (Å²) in [4.78, 5) is 2.54. The fourth-order valence-corrected chi connectivity index (χ4v) is 2.62. The molecule has 0 spiro atoms. The van der Waals surface area contributed by atoms with Crippen LogP contribution in [0.5, 0.6) is 0 Å². The molecule has 0 aromatic heterocycles. The minimum Gasteiger partial charge on any atom is -0.312 e. The van der Waals surface area contributed by atoms with Crippen molar-refractivity contribution in [1.82, 2.24) is 10.2 Å². The lowest BCUT2D eigenvalue weighted by Gasteiger charge is -2.22. The van der Waals surface area contributed by atoms with Gasteiger partial charge in [-0.25, -0.2) is 0 Å². The molecule has 18 heavy (non-hydrogen) atoms. The molecule has 1 aliphatic heterocycles. The summed E-state index contributed by atoms with van der Waals surface area (Å²) in [5.74, 6) is 0. The first-order valence-electron chi connectivity index (χ1n) is 7.37. The van der Waals surface area contributed by atoms with E-state index in [1.54, 1.807) is 0 Å². The Labute approximate surface area is 111 Å². The van der Waals surface area contributed by atoms with Crippen molar-refractivity contribution in [2.75, 3.05) is 19.6 Å². The third-order valence-corrected chi connectivity index (χ3v) is 3.84. The van der Waals surface area contributed by atoms with Crippen LogP contribution in [0.15, 0.2) is 18.2 Å². The summed E-state index contributed by atoms with van der Waals surface area (Å²) >= 11 is 0. The Bertz CT molecular complexity index is 373. The smallest absolute Gasteiger partial charge is 0.0233 e. The number of nitrogens with zero attached hydrogens (tertiary/aromatic N) is 1. The van der Waals surface area contributed by atoms with Crippen LogP contribution in [0.4, 0.5) is 0 Å². The molecule has 0 bridgehead atoms. The minimum atomic E-state index is 1.05. The molecule has 1 heterocycles. The van der Waals surface area contributed by atoms with Crippen LogP contribution in [0.2, 0.25) is 0 Å². The highest BCUT2D eigenvalue weighted by Gasteiger charge is 2.10. The molecule has 0 aliphatic carbocycles. The molecular weight excluding hydrogens is 220 g/mol. The third-order valence-electron chi connectivity index (χ3n) is 3.84. The molecular formula is C16H26N2. The lowest BCUT2D eigenvalue weighted by atomic mass is 9.98. The van der Waals surface area contributed by atoms with E-state index in [4.69, 9.17) is 0 Å². The fourth-order valence-electron chi connectivity index (χ4n) is 2.62. The molecule has 2 rings (SSSR count). The molecule has 0 atom stereocenters. The van der Waals surface area contributed by atoms with Crippen molar-refractivity contribution in [2.24, 2.45) is 0 Å². The number of hydrogen-bond acceptors (Lipinski definition) is 2. The van der Waals surface area contributed by atoms with Crippen molar-refractivity contribution in [3.63, 3.8) is 0 Å². The lowest BCUT2D eigenvalue weighted by Crippen LogP contribution is -2.26. The second-order valence-electron chi connectivity index (χ2n) is 5.25. The molecule has 0 fully saturated rings. The number of hydrogen-bond donors (Lipinski definition) is 1. The zero-order valence-corrected chi connectivity index (χ0v) is 11.8. The summed E-state index contributed by atoms with van der Waals surface area (Å²) in [6, 6.07) is 7.05. The van der Waals surface area contributed by atoms with Crippen molar-refractivity contribution in [1.29, 1.82) is 0 Å². The van der Waals surface area contributed by atoms with Gasteiger partial charge in [0.15, 0.2) is 0 Å². The maximum absolute atomic E-state index is 3.46. The number of benzene rings is 1. The van der Waals surface area contributed by atoms with Crippen LogP contribution in [0, 0.1) is 0 Å². The standard InChI is InChI=1S/C16H26N2/c1-3-5-10-18(4-2)13-14-6-7-15-8-9-17-12-16(15)11-14/h6-7,11,17H,3-5,8-10,12-13H2,1-2H3. The normalized spacial score (nSPS) is 14.8. The van der Waals surface area contributed by atoms with E-state index in [0.29, 0.717) is 0 Å². The summed E-state index contributed by atoms with van der Waals surface area (Å²) in [6.45, 7) is 10.2. The van der Waals surface area contributed by atoms with Crippen LogP contribution in [-0.2, 0) is 19.5 Å². The van der Waals surface area contributed by atoms with E-state index in [1.807, 2.05) is 0 Å². The van der Waals surface area contributed by atoms with E-state index >= 15 is 0 Å². The minimum absolute atomic E-state index is 1.05. The van der Waals surface area contributed by atoms with E-state index in [-0.39, 0.29) is 0 Å².